The van der Waals surface area contributed by atoms with Crippen LogP contribution in [0, 0.1) is 0 Å². The van der Waals surface area contributed by atoms with Gasteiger partial charge in [-0.3, -0.25) is 4.79 Å². The SMILES string of the molecule is CC1=CC(C)=C(c2ccc(C(C)(C)C)cc2)C1.CCC(=O)CC. The molecule has 2 rings (SSSR count). The van der Waals surface area contributed by atoms with Crippen LogP contribution in [-0.4, -0.2) is 5.78 Å². The van der Waals surface area contributed by atoms with Crippen LogP contribution >= 0.6 is 0 Å². The highest BCUT2D eigenvalue weighted by Gasteiger charge is 2.15. The Hall–Kier alpha value is -1.63. The van der Waals surface area contributed by atoms with Crippen LogP contribution < -0.4 is 0 Å². The van der Waals surface area contributed by atoms with E-state index < -0.39 is 0 Å². The van der Waals surface area contributed by atoms with E-state index in [1.807, 2.05) is 13.8 Å². The molecule has 0 heterocycles. The first-order chi connectivity index (χ1) is 10.7. The van der Waals surface area contributed by atoms with E-state index in [-0.39, 0.29) is 5.41 Å². The van der Waals surface area contributed by atoms with Gasteiger partial charge in [0.2, 0.25) is 0 Å². The maximum atomic E-state index is 10.2. The zero-order chi connectivity index (χ0) is 17.6. The Morgan fingerprint density at radius 1 is 1.00 bits per heavy atom. The molecule has 1 aromatic carbocycles. The number of allylic oxidation sites excluding steroid dienone is 4. The number of hydrogen-bond donors (Lipinski definition) is 0. The average Bonchev–Trinajstić information content (AvgIpc) is 2.85. The molecule has 0 aliphatic heterocycles. The van der Waals surface area contributed by atoms with E-state index in [1.165, 1.54) is 27.8 Å². The standard InChI is InChI=1S/C17H22.C5H10O/c1-12-10-13(2)16(11-12)14-6-8-15(9-7-14)17(3,4)5;1-3-5(6)4-2/h6-10H,11H2,1-5H3;3-4H2,1-2H3. The first-order valence-electron chi connectivity index (χ1n) is 8.68. The molecule has 1 nitrogen and oxygen atoms in total. The monoisotopic (exact) mass is 312 g/mol. The third-order valence-corrected chi connectivity index (χ3v) is 4.28. The fourth-order valence-corrected chi connectivity index (χ4v) is 2.68. The van der Waals surface area contributed by atoms with E-state index in [4.69, 9.17) is 0 Å². The van der Waals surface area contributed by atoms with Crippen LogP contribution in [0.25, 0.3) is 5.57 Å². The highest BCUT2D eigenvalue weighted by molar-refractivity contribution is 5.77. The molecule has 0 fully saturated rings. The Bertz CT molecular complexity index is 586. The molecule has 1 aliphatic rings. The van der Waals surface area contributed by atoms with Crippen molar-refractivity contribution in [2.24, 2.45) is 0 Å². The lowest BCUT2D eigenvalue weighted by atomic mass is 9.86. The number of carbonyl (C=O) groups excluding carboxylic acids is 1. The molecule has 0 bridgehead atoms. The van der Waals surface area contributed by atoms with Crippen molar-refractivity contribution in [3.05, 3.63) is 52.6 Å². The number of ketones is 1. The summed E-state index contributed by atoms with van der Waals surface area (Å²) in [6.45, 7) is 15.0. The van der Waals surface area contributed by atoms with E-state index in [9.17, 15) is 4.79 Å². The van der Waals surface area contributed by atoms with Crippen molar-refractivity contribution in [2.45, 2.75) is 73.1 Å². The van der Waals surface area contributed by atoms with E-state index in [1.54, 1.807) is 0 Å². The van der Waals surface area contributed by atoms with E-state index in [0.717, 1.165) is 6.42 Å². The maximum absolute atomic E-state index is 10.2. The molecule has 0 unspecified atom stereocenters. The third kappa shape index (κ3) is 5.82. The van der Waals surface area contributed by atoms with Gasteiger partial charge >= 0.3 is 0 Å². The van der Waals surface area contributed by atoms with Crippen LogP contribution in [0.3, 0.4) is 0 Å². The fraction of sp³-hybridized carbons (Fsp3) is 0.500. The molecule has 0 spiro atoms. The number of hydrogen-bond acceptors (Lipinski definition) is 1. The normalized spacial score (nSPS) is 14.3. The van der Waals surface area contributed by atoms with Crippen molar-refractivity contribution in [2.75, 3.05) is 0 Å². The highest BCUT2D eigenvalue weighted by atomic mass is 16.1. The van der Waals surface area contributed by atoms with Gasteiger partial charge in [-0.2, -0.15) is 0 Å². The summed E-state index contributed by atoms with van der Waals surface area (Å²) in [6, 6.07) is 9.07. The molecule has 0 radical (unpaired) electrons. The second-order valence-corrected chi connectivity index (χ2v) is 7.40. The van der Waals surface area contributed by atoms with Crippen LogP contribution in [0.2, 0.25) is 0 Å². The first kappa shape index (κ1) is 19.4. The summed E-state index contributed by atoms with van der Waals surface area (Å²) in [5.41, 5.74) is 7.41. The summed E-state index contributed by atoms with van der Waals surface area (Å²) in [4.78, 5) is 10.2. The van der Waals surface area contributed by atoms with Gasteiger partial charge in [0.1, 0.15) is 5.78 Å². The fourth-order valence-electron chi connectivity index (χ4n) is 2.68. The molecule has 0 aromatic heterocycles. The van der Waals surface area contributed by atoms with Gasteiger partial charge in [0, 0.05) is 12.8 Å². The molecule has 0 atom stereocenters. The molecule has 0 saturated carbocycles. The topological polar surface area (TPSA) is 17.1 Å². The summed E-state index contributed by atoms with van der Waals surface area (Å²) < 4.78 is 0. The van der Waals surface area contributed by atoms with Gasteiger partial charge in [-0.15, -0.1) is 0 Å². The van der Waals surface area contributed by atoms with Crippen LogP contribution in [0.1, 0.15) is 78.9 Å². The van der Waals surface area contributed by atoms with Crippen LogP contribution in [0.5, 0.6) is 0 Å². The second kappa shape index (κ2) is 8.29. The lowest BCUT2D eigenvalue weighted by Crippen LogP contribution is -2.10. The minimum atomic E-state index is 0.242. The lowest BCUT2D eigenvalue weighted by Gasteiger charge is -2.19. The van der Waals surface area contributed by atoms with Gasteiger partial charge in [-0.1, -0.05) is 70.5 Å². The van der Waals surface area contributed by atoms with Gasteiger partial charge < -0.3 is 0 Å². The minimum Gasteiger partial charge on any atom is -0.300 e. The second-order valence-electron chi connectivity index (χ2n) is 7.40. The van der Waals surface area contributed by atoms with Gasteiger partial charge in [-0.25, -0.2) is 0 Å². The predicted octanol–water partition coefficient (Wildman–Crippen LogP) is 6.48. The summed E-state index contributed by atoms with van der Waals surface area (Å²) in [7, 11) is 0. The quantitative estimate of drug-likeness (QED) is 0.624. The summed E-state index contributed by atoms with van der Waals surface area (Å²) >= 11 is 0. The smallest absolute Gasteiger partial charge is 0.132 e. The zero-order valence-electron chi connectivity index (χ0n) is 15.9. The first-order valence-corrected chi connectivity index (χ1v) is 8.68. The maximum Gasteiger partial charge on any atom is 0.132 e. The number of rotatable bonds is 3. The molecule has 0 amide bonds. The van der Waals surface area contributed by atoms with Crippen molar-refractivity contribution in [3.63, 3.8) is 0 Å². The van der Waals surface area contributed by atoms with Crippen molar-refractivity contribution in [3.8, 4) is 0 Å². The van der Waals surface area contributed by atoms with Crippen molar-refractivity contribution < 1.29 is 4.79 Å². The molecule has 1 aromatic rings. The van der Waals surface area contributed by atoms with E-state index in [0.29, 0.717) is 18.6 Å². The summed E-state index contributed by atoms with van der Waals surface area (Å²) in [5.74, 6) is 0.343. The molecule has 23 heavy (non-hydrogen) atoms. The van der Waals surface area contributed by atoms with Gasteiger partial charge in [0.05, 0.1) is 0 Å². The van der Waals surface area contributed by atoms with Gasteiger partial charge in [0.15, 0.2) is 0 Å². The zero-order valence-corrected chi connectivity index (χ0v) is 15.9. The van der Waals surface area contributed by atoms with Crippen LogP contribution in [0.4, 0.5) is 0 Å². The Kier molecular flexibility index (Phi) is 7.00. The van der Waals surface area contributed by atoms with Crippen molar-refractivity contribution >= 4 is 11.4 Å². The molecule has 126 valence electrons. The minimum absolute atomic E-state index is 0.242. The highest BCUT2D eigenvalue weighted by Crippen LogP contribution is 2.33. The lowest BCUT2D eigenvalue weighted by molar-refractivity contribution is -0.118. The van der Waals surface area contributed by atoms with Gasteiger partial charge in [-0.05, 0) is 48.0 Å². The Labute approximate surface area is 142 Å². The Balaban J connectivity index is 0.000000379. The van der Waals surface area contributed by atoms with Crippen molar-refractivity contribution in [1.82, 2.24) is 0 Å². The third-order valence-electron chi connectivity index (χ3n) is 4.28. The molecule has 1 aliphatic carbocycles. The summed E-state index contributed by atoms with van der Waals surface area (Å²) in [6.07, 6.45) is 4.79. The molecule has 1 heteroatoms. The van der Waals surface area contributed by atoms with Crippen LogP contribution in [-0.2, 0) is 10.2 Å². The average molecular weight is 312 g/mol. The number of benzene rings is 1. The predicted molar refractivity (Wildman–Crippen MR) is 102 cm³/mol. The number of Topliss-reactive ketones (excluding diaryl/α,β-unsaturated/α-hetero) is 1. The summed E-state index contributed by atoms with van der Waals surface area (Å²) in [5, 5.41) is 0. The number of carbonyl (C=O) groups is 1. The Morgan fingerprint density at radius 3 is 1.83 bits per heavy atom. The molecular formula is C22H32O. The molecule has 0 saturated heterocycles. The molecule has 0 N–H and O–H groups in total. The van der Waals surface area contributed by atoms with E-state index in [2.05, 4.69) is 65.0 Å². The van der Waals surface area contributed by atoms with Crippen molar-refractivity contribution in [1.29, 1.82) is 0 Å². The van der Waals surface area contributed by atoms with E-state index >= 15 is 0 Å². The molecular weight excluding hydrogens is 280 g/mol. The van der Waals surface area contributed by atoms with Crippen LogP contribution in [0.15, 0.2) is 41.5 Å². The largest absolute Gasteiger partial charge is 0.300 e. The van der Waals surface area contributed by atoms with Gasteiger partial charge in [0.25, 0.3) is 0 Å². The Morgan fingerprint density at radius 2 is 1.52 bits per heavy atom.